The normalized spacial score (nSPS) is 14.2. The van der Waals surface area contributed by atoms with Crippen molar-refractivity contribution in [1.29, 1.82) is 0 Å². The number of aromatic nitrogens is 1. The quantitative estimate of drug-likeness (QED) is 0.876. The highest BCUT2D eigenvalue weighted by atomic mass is 19.1. The molecule has 0 saturated carbocycles. The van der Waals surface area contributed by atoms with E-state index in [2.05, 4.69) is 15.2 Å². The minimum atomic E-state index is -0.477. The minimum absolute atomic E-state index is 0.0769. The molecule has 1 aromatic carbocycles. The van der Waals surface area contributed by atoms with E-state index in [1.165, 1.54) is 31.4 Å². The monoisotopic (exact) mass is 343 g/mol. The van der Waals surface area contributed by atoms with E-state index in [9.17, 15) is 9.18 Å². The van der Waals surface area contributed by atoms with Gasteiger partial charge in [-0.05, 0) is 37.5 Å². The molecule has 5 nitrogen and oxygen atoms in total. The third-order valence-electron chi connectivity index (χ3n) is 4.19. The number of anilines is 1. The summed E-state index contributed by atoms with van der Waals surface area (Å²) in [7, 11) is 0. The van der Waals surface area contributed by atoms with E-state index in [1.807, 2.05) is 12.1 Å². The molecule has 2 aromatic rings. The van der Waals surface area contributed by atoms with Gasteiger partial charge in [-0.25, -0.2) is 9.37 Å². The van der Waals surface area contributed by atoms with Gasteiger partial charge in [0, 0.05) is 31.4 Å². The maximum atomic E-state index is 13.5. The van der Waals surface area contributed by atoms with Crippen molar-refractivity contribution in [2.45, 2.75) is 25.8 Å². The van der Waals surface area contributed by atoms with Gasteiger partial charge in [-0.2, -0.15) is 0 Å². The Morgan fingerprint density at radius 2 is 1.96 bits per heavy atom. The molecule has 0 aliphatic carbocycles. The molecule has 1 saturated heterocycles. The Balaban J connectivity index is 1.54. The van der Waals surface area contributed by atoms with Crippen LogP contribution < -0.4 is 15.0 Å². The number of halogens is 1. The molecule has 2 heterocycles. The van der Waals surface area contributed by atoms with Crippen LogP contribution in [0.4, 0.5) is 10.2 Å². The molecule has 1 amide bonds. The van der Waals surface area contributed by atoms with Crippen LogP contribution in [0.3, 0.4) is 0 Å². The van der Waals surface area contributed by atoms with Crippen LogP contribution in [-0.4, -0.2) is 30.6 Å². The fourth-order valence-electron chi connectivity index (χ4n) is 2.91. The molecule has 132 valence electrons. The van der Waals surface area contributed by atoms with Crippen molar-refractivity contribution >= 4 is 11.7 Å². The summed E-state index contributed by atoms with van der Waals surface area (Å²) in [6, 6.07) is 9.87. The molecule has 1 aromatic heterocycles. The lowest BCUT2D eigenvalue weighted by Gasteiger charge is -2.29. The largest absolute Gasteiger partial charge is 0.481 e. The zero-order valence-corrected chi connectivity index (χ0v) is 14.1. The van der Waals surface area contributed by atoms with E-state index in [-0.39, 0.29) is 18.3 Å². The van der Waals surface area contributed by atoms with Crippen LogP contribution >= 0.6 is 0 Å². The third kappa shape index (κ3) is 4.68. The first kappa shape index (κ1) is 17.2. The summed E-state index contributed by atoms with van der Waals surface area (Å²) in [6.45, 7) is 2.14. The first-order valence-electron chi connectivity index (χ1n) is 8.57. The molecule has 1 N–H and O–H groups in total. The summed E-state index contributed by atoms with van der Waals surface area (Å²) in [6.07, 6.45) is 5.36. The number of pyridine rings is 1. The molecule has 0 spiro atoms. The second-order valence-corrected chi connectivity index (χ2v) is 6.03. The summed E-state index contributed by atoms with van der Waals surface area (Å²) >= 11 is 0. The number of hydrogen-bond donors (Lipinski definition) is 1. The number of carbonyl (C=O) groups excluding carboxylic acids is 1. The topological polar surface area (TPSA) is 54.5 Å². The van der Waals surface area contributed by atoms with E-state index in [4.69, 9.17) is 4.74 Å². The maximum Gasteiger partial charge on any atom is 0.258 e. The van der Waals surface area contributed by atoms with Crippen LogP contribution in [0.25, 0.3) is 0 Å². The molecule has 3 rings (SSSR count). The molecule has 25 heavy (non-hydrogen) atoms. The van der Waals surface area contributed by atoms with Gasteiger partial charge in [-0.1, -0.05) is 18.2 Å². The standard InChI is InChI=1S/C19H22FN3O2/c20-16-8-2-3-9-17(16)25-14-18(24)22-13-15-7-6-10-21-19(15)23-11-4-1-5-12-23/h2-3,6-10H,1,4-5,11-14H2,(H,22,24). The van der Waals surface area contributed by atoms with E-state index in [1.54, 1.807) is 18.3 Å². The highest BCUT2D eigenvalue weighted by Gasteiger charge is 2.16. The van der Waals surface area contributed by atoms with Gasteiger partial charge < -0.3 is 15.0 Å². The number of benzene rings is 1. The van der Waals surface area contributed by atoms with Crippen molar-refractivity contribution in [2.75, 3.05) is 24.6 Å². The second kappa shape index (κ2) is 8.46. The van der Waals surface area contributed by atoms with Crippen molar-refractivity contribution in [1.82, 2.24) is 10.3 Å². The van der Waals surface area contributed by atoms with Crippen molar-refractivity contribution in [3.05, 3.63) is 54.0 Å². The highest BCUT2D eigenvalue weighted by molar-refractivity contribution is 5.77. The third-order valence-corrected chi connectivity index (χ3v) is 4.19. The molecule has 0 bridgehead atoms. The van der Waals surface area contributed by atoms with Crippen LogP contribution in [0.5, 0.6) is 5.75 Å². The van der Waals surface area contributed by atoms with E-state index >= 15 is 0 Å². The van der Waals surface area contributed by atoms with Crippen molar-refractivity contribution < 1.29 is 13.9 Å². The lowest BCUT2D eigenvalue weighted by atomic mass is 10.1. The van der Waals surface area contributed by atoms with Gasteiger partial charge in [0.15, 0.2) is 18.2 Å². The molecule has 1 fully saturated rings. The number of amides is 1. The highest BCUT2D eigenvalue weighted by Crippen LogP contribution is 2.21. The average Bonchev–Trinajstić information content (AvgIpc) is 2.66. The molecule has 1 aliphatic rings. The summed E-state index contributed by atoms with van der Waals surface area (Å²) in [5.74, 6) is 0.234. The average molecular weight is 343 g/mol. The summed E-state index contributed by atoms with van der Waals surface area (Å²) in [5, 5.41) is 2.82. The van der Waals surface area contributed by atoms with E-state index < -0.39 is 5.82 Å². The maximum absolute atomic E-state index is 13.5. The van der Waals surface area contributed by atoms with Crippen LogP contribution in [0, 0.1) is 5.82 Å². The minimum Gasteiger partial charge on any atom is -0.481 e. The number of nitrogens with one attached hydrogen (secondary N) is 1. The Labute approximate surface area is 146 Å². The number of rotatable bonds is 6. The van der Waals surface area contributed by atoms with Gasteiger partial charge in [-0.15, -0.1) is 0 Å². The number of hydrogen-bond acceptors (Lipinski definition) is 4. The van der Waals surface area contributed by atoms with Gasteiger partial charge in [0.05, 0.1) is 0 Å². The SMILES string of the molecule is O=C(COc1ccccc1F)NCc1cccnc1N1CCCCC1. The van der Waals surface area contributed by atoms with Gasteiger partial charge in [0.2, 0.25) is 0 Å². The summed E-state index contributed by atoms with van der Waals surface area (Å²) in [4.78, 5) is 18.7. The van der Waals surface area contributed by atoms with Crippen LogP contribution in [0.2, 0.25) is 0 Å². The molecular weight excluding hydrogens is 321 g/mol. The smallest absolute Gasteiger partial charge is 0.258 e. The Morgan fingerprint density at radius 3 is 2.76 bits per heavy atom. The lowest BCUT2D eigenvalue weighted by molar-refractivity contribution is -0.123. The van der Waals surface area contributed by atoms with Crippen molar-refractivity contribution in [3.63, 3.8) is 0 Å². The Bertz CT molecular complexity index is 717. The van der Waals surface area contributed by atoms with Crippen LogP contribution in [-0.2, 0) is 11.3 Å². The van der Waals surface area contributed by atoms with Crippen LogP contribution in [0.15, 0.2) is 42.6 Å². The molecule has 6 heteroatoms. The number of ether oxygens (including phenoxy) is 1. The second-order valence-electron chi connectivity index (χ2n) is 6.03. The Hall–Kier alpha value is -2.63. The Kier molecular flexibility index (Phi) is 5.82. The van der Waals surface area contributed by atoms with E-state index in [0.29, 0.717) is 6.54 Å². The van der Waals surface area contributed by atoms with Gasteiger partial charge >= 0.3 is 0 Å². The van der Waals surface area contributed by atoms with Gasteiger partial charge in [0.25, 0.3) is 5.91 Å². The fraction of sp³-hybridized carbons (Fsp3) is 0.368. The predicted octanol–water partition coefficient (Wildman–Crippen LogP) is 2.91. The summed E-state index contributed by atoms with van der Waals surface area (Å²) < 4.78 is 18.7. The zero-order chi connectivity index (χ0) is 17.5. The molecule has 0 unspecified atom stereocenters. The molecular formula is C19H22FN3O2. The fourth-order valence-corrected chi connectivity index (χ4v) is 2.91. The van der Waals surface area contributed by atoms with Crippen molar-refractivity contribution in [3.8, 4) is 5.75 Å². The first-order chi connectivity index (χ1) is 12.2. The number of para-hydroxylation sites is 1. The summed E-state index contributed by atoms with van der Waals surface area (Å²) in [5.41, 5.74) is 0.976. The van der Waals surface area contributed by atoms with Gasteiger partial charge in [0.1, 0.15) is 5.82 Å². The number of nitrogens with zero attached hydrogens (tertiary/aromatic N) is 2. The van der Waals surface area contributed by atoms with E-state index in [0.717, 1.165) is 24.5 Å². The Morgan fingerprint density at radius 1 is 1.16 bits per heavy atom. The first-order valence-corrected chi connectivity index (χ1v) is 8.57. The molecule has 0 radical (unpaired) electrons. The van der Waals surface area contributed by atoms with Crippen molar-refractivity contribution in [2.24, 2.45) is 0 Å². The molecule has 0 atom stereocenters. The van der Waals surface area contributed by atoms with Crippen LogP contribution in [0.1, 0.15) is 24.8 Å². The predicted molar refractivity (Wildman–Crippen MR) is 94.0 cm³/mol. The zero-order valence-electron chi connectivity index (χ0n) is 14.1. The number of carbonyl (C=O) groups is 1. The number of piperidine rings is 1. The van der Waals surface area contributed by atoms with Gasteiger partial charge in [-0.3, -0.25) is 4.79 Å². The lowest BCUT2D eigenvalue weighted by Crippen LogP contribution is -2.33. The molecule has 1 aliphatic heterocycles.